The van der Waals surface area contributed by atoms with Crippen molar-refractivity contribution in [2.45, 2.75) is 17.7 Å². The highest BCUT2D eigenvalue weighted by Gasteiger charge is 2.18. The zero-order chi connectivity index (χ0) is 13.7. The van der Waals surface area contributed by atoms with Crippen LogP contribution in [0.1, 0.15) is 12.8 Å². The van der Waals surface area contributed by atoms with Crippen molar-refractivity contribution in [3.63, 3.8) is 0 Å². The molecule has 19 heavy (non-hydrogen) atoms. The summed E-state index contributed by atoms with van der Waals surface area (Å²) in [7, 11) is -3.57. The van der Waals surface area contributed by atoms with Crippen molar-refractivity contribution in [3.8, 4) is 17.6 Å². The lowest BCUT2D eigenvalue weighted by molar-refractivity contribution is 0.171. The molecule has 0 aromatic heterocycles. The maximum Gasteiger partial charge on any atom is 0.240 e. The molecule has 0 spiro atoms. The molecule has 1 N–H and O–H groups in total. The summed E-state index contributed by atoms with van der Waals surface area (Å²) < 4.78 is 37.1. The number of nitrogens with one attached hydrogen (secondary N) is 1. The quantitative estimate of drug-likeness (QED) is 0.815. The van der Waals surface area contributed by atoms with Crippen LogP contribution in [0.4, 0.5) is 0 Å². The summed E-state index contributed by atoms with van der Waals surface area (Å²) in [6, 6.07) is 6.46. The van der Waals surface area contributed by atoms with E-state index in [1.54, 1.807) is 6.07 Å². The first-order valence-electron chi connectivity index (χ1n) is 5.90. The van der Waals surface area contributed by atoms with Gasteiger partial charge in [0.05, 0.1) is 11.0 Å². The lowest BCUT2D eigenvalue weighted by Crippen LogP contribution is -2.25. The second-order valence-electron chi connectivity index (χ2n) is 3.96. The third-order valence-corrected chi connectivity index (χ3v) is 4.04. The molecule has 1 aromatic carbocycles. The monoisotopic (exact) mass is 282 g/mol. The molecule has 1 aliphatic rings. The molecule has 1 heterocycles. The molecule has 0 bridgehead atoms. The number of hydrogen-bond acceptors (Lipinski definition) is 5. The average molecular weight is 282 g/mol. The Bertz CT molecular complexity index is 592. The van der Waals surface area contributed by atoms with Crippen LogP contribution >= 0.6 is 0 Å². The molecule has 0 fully saturated rings. The van der Waals surface area contributed by atoms with Crippen LogP contribution in [0.3, 0.4) is 0 Å². The number of rotatable bonds is 5. The van der Waals surface area contributed by atoms with Crippen LogP contribution < -0.4 is 14.2 Å². The van der Waals surface area contributed by atoms with E-state index in [1.807, 2.05) is 6.07 Å². The predicted molar refractivity (Wildman–Crippen MR) is 67.5 cm³/mol. The van der Waals surface area contributed by atoms with Crippen LogP contribution in [0.2, 0.25) is 0 Å². The lowest BCUT2D eigenvalue weighted by atomic mass is 10.3. The summed E-state index contributed by atoms with van der Waals surface area (Å²) in [4.78, 5) is 0.133. The number of sulfonamides is 1. The number of nitrogens with zero attached hydrogens (tertiary/aromatic N) is 1. The lowest BCUT2D eigenvalue weighted by Gasteiger charge is -2.18. The van der Waals surface area contributed by atoms with Gasteiger partial charge in [0, 0.05) is 19.0 Å². The van der Waals surface area contributed by atoms with Crippen molar-refractivity contribution in [3.05, 3.63) is 18.2 Å². The van der Waals surface area contributed by atoms with Crippen LogP contribution in [-0.4, -0.2) is 28.2 Å². The van der Waals surface area contributed by atoms with Gasteiger partial charge in [-0.25, -0.2) is 13.1 Å². The van der Waals surface area contributed by atoms with E-state index in [2.05, 4.69) is 4.72 Å². The van der Waals surface area contributed by atoms with E-state index < -0.39 is 10.0 Å². The minimum absolute atomic E-state index is 0.133. The molecule has 2 rings (SSSR count). The molecule has 1 aliphatic heterocycles. The van der Waals surface area contributed by atoms with Crippen LogP contribution in [0.15, 0.2) is 23.1 Å². The molecule has 7 heteroatoms. The smallest absolute Gasteiger partial charge is 0.240 e. The average Bonchev–Trinajstić information content (AvgIpc) is 2.43. The molecule has 0 unspecified atom stereocenters. The summed E-state index contributed by atoms with van der Waals surface area (Å²) in [5, 5.41) is 8.39. The molecule has 102 valence electrons. The topological polar surface area (TPSA) is 88.4 Å². The number of benzene rings is 1. The molecule has 0 amide bonds. The minimum atomic E-state index is -3.57. The zero-order valence-corrected chi connectivity index (χ0v) is 11.1. The summed E-state index contributed by atoms with van der Waals surface area (Å²) in [5.41, 5.74) is 0. The Labute approximate surface area is 112 Å². The normalized spacial score (nSPS) is 13.8. The fourth-order valence-electron chi connectivity index (χ4n) is 1.65. The van der Waals surface area contributed by atoms with Gasteiger partial charge in [0.1, 0.15) is 13.2 Å². The summed E-state index contributed by atoms with van der Waals surface area (Å²) >= 11 is 0. The van der Waals surface area contributed by atoms with E-state index in [9.17, 15) is 8.42 Å². The fraction of sp³-hybridized carbons (Fsp3) is 0.417. The Morgan fingerprint density at radius 3 is 2.74 bits per heavy atom. The SMILES string of the molecule is N#CCCCNS(=O)(=O)c1ccc2c(c1)OCCO2. The largest absolute Gasteiger partial charge is 0.486 e. The highest BCUT2D eigenvalue weighted by Crippen LogP contribution is 2.32. The molecule has 6 nitrogen and oxygen atoms in total. The van der Waals surface area contributed by atoms with Crippen molar-refractivity contribution in [2.24, 2.45) is 0 Å². The number of fused-ring (bicyclic) bond motifs is 1. The van der Waals surface area contributed by atoms with Gasteiger partial charge in [-0.15, -0.1) is 0 Å². The van der Waals surface area contributed by atoms with E-state index in [4.69, 9.17) is 14.7 Å². The van der Waals surface area contributed by atoms with E-state index in [1.165, 1.54) is 12.1 Å². The van der Waals surface area contributed by atoms with Crippen LogP contribution in [-0.2, 0) is 10.0 Å². The summed E-state index contributed by atoms with van der Waals surface area (Å²) in [6.07, 6.45) is 0.809. The van der Waals surface area contributed by atoms with Crippen molar-refractivity contribution < 1.29 is 17.9 Å². The summed E-state index contributed by atoms with van der Waals surface area (Å²) in [6.45, 7) is 1.11. The van der Waals surface area contributed by atoms with Crippen molar-refractivity contribution in [1.29, 1.82) is 5.26 Å². The Balaban J connectivity index is 2.10. The van der Waals surface area contributed by atoms with E-state index in [0.717, 1.165) is 0 Å². The highest BCUT2D eigenvalue weighted by molar-refractivity contribution is 7.89. The second kappa shape index (κ2) is 5.91. The first kappa shape index (κ1) is 13.6. The molecule has 0 atom stereocenters. The first-order chi connectivity index (χ1) is 9.13. The minimum Gasteiger partial charge on any atom is -0.486 e. The Hall–Kier alpha value is -1.78. The summed E-state index contributed by atoms with van der Waals surface area (Å²) in [5.74, 6) is 0.987. The van der Waals surface area contributed by atoms with Crippen LogP contribution in [0.5, 0.6) is 11.5 Å². The molecular formula is C12H14N2O4S. The molecule has 1 aromatic rings. The van der Waals surface area contributed by atoms with Gasteiger partial charge < -0.3 is 9.47 Å². The van der Waals surface area contributed by atoms with Crippen molar-refractivity contribution >= 4 is 10.0 Å². The van der Waals surface area contributed by atoms with Gasteiger partial charge in [-0.3, -0.25) is 0 Å². The third kappa shape index (κ3) is 3.36. The van der Waals surface area contributed by atoms with Gasteiger partial charge in [0.25, 0.3) is 0 Å². The van der Waals surface area contributed by atoms with Gasteiger partial charge in [0.2, 0.25) is 10.0 Å². The van der Waals surface area contributed by atoms with Crippen molar-refractivity contribution in [2.75, 3.05) is 19.8 Å². The zero-order valence-electron chi connectivity index (χ0n) is 10.3. The van der Waals surface area contributed by atoms with Crippen molar-refractivity contribution in [1.82, 2.24) is 4.72 Å². The Morgan fingerprint density at radius 1 is 1.26 bits per heavy atom. The molecular weight excluding hydrogens is 268 g/mol. The molecule has 0 radical (unpaired) electrons. The maximum absolute atomic E-state index is 12.0. The predicted octanol–water partition coefficient (Wildman–Crippen LogP) is 1.04. The number of ether oxygens (including phenoxy) is 2. The highest BCUT2D eigenvalue weighted by atomic mass is 32.2. The Morgan fingerprint density at radius 2 is 2.00 bits per heavy atom. The van der Waals surface area contributed by atoms with Crippen LogP contribution in [0.25, 0.3) is 0 Å². The standard InChI is InChI=1S/C12H14N2O4S/c13-5-1-2-6-14-19(15,16)10-3-4-11-12(9-10)18-8-7-17-11/h3-4,9,14H,1-2,6-8H2. The number of nitriles is 1. The van der Waals surface area contributed by atoms with Gasteiger partial charge in [-0.05, 0) is 18.6 Å². The third-order valence-electron chi connectivity index (χ3n) is 2.58. The van der Waals surface area contributed by atoms with Crippen LogP contribution in [0, 0.1) is 11.3 Å². The van der Waals surface area contributed by atoms with E-state index >= 15 is 0 Å². The first-order valence-corrected chi connectivity index (χ1v) is 7.38. The second-order valence-corrected chi connectivity index (χ2v) is 5.73. The van der Waals surface area contributed by atoms with Gasteiger partial charge in [0.15, 0.2) is 11.5 Å². The van der Waals surface area contributed by atoms with Gasteiger partial charge >= 0.3 is 0 Å². The van der Waals surface area contributed by atoms with Gasteiger partial charge in [-0.2, -0.15) is 5.26 Å². The number of unbranched alkanes of at least 4 members (excludes halogenated alkanes) is 1. The molecule has 0 saturated heterocycles. The van der Waals surface area contributed by atoms with E-state index in [-0.39, 0.29) is 11.4 Å². The molecule has 0 saturated carbocycles. The fourth-order valence-corrected chi connectivity index (χ4v) is 2.74. The molecule has 0 aliphatic carbocycles. The number of hydrogen-bond donors (Lipinski definition) is 1. The van der Waals surface area contributed by atoms with Gasteiger partial charge in [-0.1, -0.05) is 0 Å². The maximum atomic E-state index is 12.0. The Kier molecular flexibility index (Phi) is 4.24. The van der Waals surface area contributed by atoms with E-state index in [0.29, 0.717) is 37.6 Å².